The van der Waals surface area contributed by atoms with E-state index in [-0.39, 0.29) is 10.6 Å². The van der Waals surface area contributed by atoms with Crippen molar-refractivity contribution in [2.45, 2.75) is 4.90 Å². The van der Waals surface area contributed by atoms with Gasteiger partial charge in [-0.1, -0.05) is 12.1 Å². The molecule has 0 aliphatic heterocycles. The van der Waals surface area contributed by atoms with Crippen LogP contribution in [-0.4, -0.2) is 39.9 Å². The first kappa shape index (κ1) is 19.4. The topological polar surface area (TPSA) is 99.6 Å². The number of rotatable bonds is 7. The van der Waals surface area contributed by atoms with Gasteiger partial charge in [-0.2, -0.15) is 0 Å². The predicted octanol–water partition coefficient (Wildman–Crippen LogP) is 2.97. The van der Waals surface area contributed by atoms with Crippen LogP contribution in [0.15, 0.2) is 59.5 Å². The summed E-state index contributed by atoms with van der Waals surface area (Å²) in [6.45, 7) is 0. The maximum atomic E-state index is 12.8. The molecule has 0 saturated carbocycles. The van der Waals surface area contributed by atoms with Gasteiger partial charge in [0.25, 0.3) is 10.0 Å². The molecule has 1 aromatic heterocycles. The third kappa shape index (κ3) is 4.15. The minimum atomic E-state index is -3.87. The highest BCUT2D eigenvalue weighted by Crippen LogP contribution is 2.30. The molecule has 3 rings (SSSR count). The van der Waals surface area contributed by atoms with Gasteiger partial charge in [0.1, 0.15) is 16.4 Å². The molecule has 0 saturated heterocycles. The van der Waals surface area contributed by atoms with Crippen LogP contribution in [0.4, 0.5) is 5.69 Å². The van der Waals surface area contributed by atoms with E-state index in [1.54, 1.807) is 48.5 Å². The van der Waals surface area contributed by atoms with E-state index < -0.39 is 10.0 Å². The molecule has 0 atom stereocenters. The molecule has 0 aliphatic rings. The highest BCUT2D eigenvalue weighted by atomic mass is 32.2. The van der Waals surface area contributed by atoms with E-state index in [1.807, 2.05) is 0 Å². The summed E-state index contributed by atoms with van der Waals surface area (Å²) in [5, 5.41) is 7.99. The number of ether oxygens (including phenoxy) is 3. The van der Waals surface area contributed by atoms with Gasteiger partial charge in [0.2, 0.25) is 5.88 Å². The molecule has 146 valence electrons. The average molecular weight is 401 g/mol. The molecule has 0 bridgehead atoms. The van der Waals surface area contributed by atoms with Gasteiger partial charge in [0.05, 0.1) is 27.0 Å². The largest absolute Gasteiger partial charge is 0.497 e. The van der Waals surface area contributed by atoms with Crippen molar-refractivity contribution in [3.63, 3.8) is 0 Å². The maximum Gasteiger partial charge on any atom is 0.265 e. The van der Waals surface area contributed by atoms with E-state index in [2.05, 4.69) is 14.9 Å². The van der Waals surface area contributed by atoms with Gasteiger partial charge < -0.3 is 14.2 Å². The third-order valence-electron chi connectivity index (χ3n) is 3.94. The summed E-state index contributed by atoms with van der Waals surface area (Å²) < 4.78 is 43.4. The van der Waals surface area contributed by atoms with Crippen LogP contribution in [-0.2, 0) is 10.0 Å². The second-order valence-electron chi connectivity index (χ2n) is 5.66. The molecular formula is C19H19N3O5S. The average Bonchev–Trinajstić information content (AvgIpc) is 2.73. The van der Waals surface area contributed by atoms with Crippen LogP contribution in [0, 0.1) is 0 Å². The molecule has 0 radical (unpaired) electrons. The van der Waals surface area contributed by atoms with Crippen molar-refractivity contribution in [1.82, 2.24) is 10.2 Å². The number of nitrogens with zero attached hydrogens (tertiary/aromatic N) is 2. The van der Waals surface area contributed by atoms with Gasteiger partial charge in [0.15, 0.2) is 0 Å². The lowest BCUT2D eigenvalue weighted by atomic mass is 10.1. The molecule has 28 heavy (non-hydrogen) atoms. The predicted molar refractivity (Wildman–Crippen MR) is 104 cm³/mol. The van der Waals surface area contributed by atoms with E-state index in [0.29, 0.717) is 23.0 Å². The molecule has 1 N–H and O–H groups in total. The molecule has 0 aliphatic carbocycles. The first-order chi connectivity index (χ1) is 13.5. The zero-order valence-corrected chi connectivity index (χ0v) is 16.4. The van der Waals surface area contributed by atoms with E-state index in [4.69, 9.17) is 14.2 Å². The van der Waals surface area contributed by atoms with Gasteiger partial charge in [0, 0.05) is 23.4 Å². The summed E-state index contributed by atoms with van der Waals surface area (Å²) in [5.41, 5.74) is 1.83. The third-order valence-corrected chi connectivity index (χ3v) is 5.34. The van der Waals surface area contributed by atoms with Crippen molar-refractivity contribution in [2.75, 3.05) is 26.1 Å². The molecular weight excluding hydrogens is 382 g/mol. The SMILES string of the molecule is COc1ccc(OC)c(S(=O)(=O)Nc2ccc(-c3ccc(OC)nn3)cc2)c1. The van der Waals surface area contributed by atoms with Crippen LogP contribution < -0.4 is 18.9 Å². The van der Waals surface area contributed by atoms with Crippen LogP contribution in [0.5, 0.6) is 17.4 Å². The molecule has 0 unspecified atom stereocenters. The van der Waals surface area contributed by atoms with Crippen molar-refractivity contribution in [3.05, 3.63) is 54.6 Å². The van der Waals surface area contributed by atoms with Gasteiger partial charge in [-0.05, 0) is 30.3 Å². The number of hydrogen-bond donors (Lipinski definition) is 1. The number of hydrogen-bond acceptors (Lipinski definition) is 7. The highest BCUT2D eigenvalue weighted by Gasteiger charge is 2.21. The van der Waals surface area contributed by atoms with Crippen LogP contribution in [0.25, 0.3) is 11.3 Å². The number of sulfonamides is 1. The molecule has 0 spiro atoms. The van der Waals surface area contributed by atoms with Gasteiger partial charge in [-0.15, -0.1) is 10.2 Å². The summed E-state index contributed by atoms with van der Waals surface area (Å²) in [7, 11) is 0.514. The monoisotopic (exact) mass is 401 g/mol. The van der Waals surface area contributed by atoms with Crippen molar-refractivity contribution < 1.29 is 22.6 Å². The lowest BCUT2D eigenvalue weighted by molar-refractivity contribution is 0.392. The van der Waals surface area contributed by atoms with Crippen molar-refractivity contribution in [3.8, 4) is 28.6 Å². The highest BCUT2D eigenvalue weighted by molar-refractivity contribution is 7.92. The Morgan fingerprint density at radius 1 is 0.821 bits per heavy atom. The fraction of sp³-hybridized carbons (Fsp3) is 0.158. The lowest BCUT2D eigenvalue weighted by Gasteiger charge is -2.13. The fourth-order valence-corrected chi connectivity index (χ4v) is 3.74. The van der Waals surface area contributed by atoms with Crippen LogP contribution in [0.1, 0.15) is 0 Å². The lowest BCUT2D eigenvalue weighted by Crippen LogP contribution is -2.14. The van der Waals surface area contributed by atoms with E-state index in [1.165, 1.54) is 27.4 Å². The number of anilines is 1. The van der Waals surface area contributed by atoms with Crippen LogP contribution in [0.2, 0.25) is 0 Å². The Morgan fingerprint density at radius 3 is 2.14 bits per heavy atom. The second kappa shape index (κ2) is 8.13. The summed E-state index contributed by atoms with van der Waals surface area (Å²) in [5.74, 6) is 1.05. The first-order valence-corrected chi connectivity index (χ1v) is 9.68. The Labute approximate surface area is 163 Å². The Kier molecular flexibility index (Phi) is 5.65. The fourth-order valence-electron chi connectivity index (χ4n) is 2.50. The molecule has 0 amide bonds. The molecule has 2 aromatic carbocycles. The minimum absolute atomic E-state index is 0.0144. The Balaban J connectivity index is 1.85. The first-order valence-electron chi connectivity index (χ1n) is 8.20. The minimum Gasteiger partial charge on any atom is -0.497 e. The Morgan fingerprint density at radius 2 is 1.57 bits per heavy atom. The normalized spacial score (nSPS) is 11.0. The Hall–Kier alpha value is -3.33. The van der Waals surface area contributed by atoms with Crippen LogP contribution >= 0.6 is 0 Å². The summed E-state index contributed by atoms with van der Waals surface area (Å²) in [6, 6.07) is 14.8. The summed E-state index contributed by atoms with van der Waals surface area (Å²) >= 11 is 0. The Bertz CT molecular complexity index is 1050. The van der Waals surface area contributed by atoms with Crippen molar-refractivity contribution in [2.24, 2.45) is 0 Å². The van der Waals surface area contributed by atoms with E-state index in [0.717, 1.165) is 5.56 Å². The molecule has 1 heterocycles. The van der Waals surface area contributed by atoms with Crippen molar-refractivity contribution in [1.29, 1.82) is 0 Å². The summed E-state index contributed by atoms with van der Waals surface area (Å²) in [6.07, 6.45) is 0. The van der Waals surface area contributed by atoms with E-state index >= 15 is 0 Å². The van der Waals surface area contributed by atoms with E-state index in [9.17, 15) is 8.42 Å². The number of nitrogens with one attached hydrogen (secondary N) is 1. The smallest absolute Gasteiger partial charge is 0.265 e. The van der Waals surface area contributed by atoms with Crippen molar-refractivity contribution >= 4 is 15.7 Å². The summed E-state index contributed by atoms with van der Waals surface area (Å²) in [4.78, 5) is -0.0144. The van der Waals surface area contributed by atoms with Gasteiger partial charge >= 0.3 is 0 Å². The zero-order valence-electron chi connectivity index (χ0n) is 15.5. The molecule has 3 aromatic rings. The standard InChI is InChI=1S/C19H19N3O5S/c1-25-15-8-10-17(26-2)18(12-15)28(23,24)22-14-6-4-13(5-7-14)16-9-11-19(27-3)21-20-16/h4-12,22H,1-3H3. The number of aromatic nitrogens is 2. The maximum absolute atomic E-state index is 12.8. The number of benzene rings is 2. The van der Waals surface area contributed by atoms with Gasteiger partial charge in [-0.3, -0.25) is 4.72 Å². The molecule has 0 fully saturated rings. The number of methoxy groups -OCH3 is 3. The van der Waals surface area contributed by atoms with Crippen LogP contribution in [0.3, 0.4) is 0 Å². The molecule has 8 nitrogen and oxygen atoms in total. The quantitative estimate of drug-likeness (QED) is 0.650. The zero-order chi connectivity index (χ0) is 20.1. The van der Waals surface area contributed by atoms with Gasteiger partial charge in [-0.25, -0.2) is 8.42 Å². The second-order valence-corrected chi connectivity index (χ2v) is 7.31. The molecule has 9 heteroatoms.